The highest BCUT2D eigenvalue weighted by Crippen LogP contribution is 2.49. The summed E-state index contributed by atoms with van der Waals surface area (Å²) < 4.78 is 52.4. The van der Waals surface area contributed by atoms with Crippen LogP contribution in [-0.2, 0) is 35.7 Å². The number of aliphatic hydroxyl groups is 1. The molecule has 1 aliphatic heterocycles. The molecule has 5 rings (SSSR count). The lowest BCUT2D eigenvalue weighted by Gasteiger charge is -2.30. The van der Waals surface area contributed by atoms with Gasteiger partial charge in [0.25, 0.3) is 5.56 Å². The van der Waals surface area contributed by atoms with Gasteiger partial charge in [0.05, 0.1) is 18.9 Å². The van der Waals surface area contributed by atoms with Crippen LogP contribution in [0.2, 0.25) is 0 Å². The Kier molecular flexibility index (Phi) is 9.11. The normalized spacial score (nSPS) is 21.4. The van der Waals surface area contributed by atoms with Gasteiger partial charge >= 0.3 is 19.4 Å². The maximum atomic E-state index is 14.4. The van der Waals surface area contributed by atoms with E-state index in [0.29, 0.717) is 11.6 Å². The first-order chi connectivity index (χ1) is 21.3. The quantitative estimate of drug-likeness (QED) is 0.162. The number of carbonyl (C=O) groups is 1. The van der Waals surface area contributed by atoms with Crippen molar-refractivity contribution in [2.24, 2.45) is 0 Å². The van der Waals surface area contributed by atoms with Crippen LogP contribution in [0.5, 0.6) is 5.75 Å². The molecular weight excluding hydrogens is 608 g/mol. The molecule has 0 saturated carbocycles. The van der Waals surface area contributed by atoms with E-state index in [1.165, 1.54) is 20.8 Å². The van der Waals surface area contributed by atoms with Crippen LogP contribution in [0.15, 0.2) is 88.6 Å². The Morgan fingerprint density at radius 2 is 1.82 bits per heavy atom. The Balaban J connectivity index is 1.38. The van der Waals surface area contributed by atoms with Gasteiger partial charge in [-0.15, -0.1) is 0 Å². The van der Waals surface area contributed by atoms with Gasteiger partial charge in [0.2, 0.25) is 5.82 Å². The topological polar surface area (TPSA) is 158 Å². The zero-order chi connectivity index (χ0) is 32.4. The summed E-state index contributed by atoms with van der Waals surface area (Å²) in [5.74, 6) is -1.75. The molecule has 1 saturated heterocycles. The van der Waals surface area contributed by atoms with Gasteiger partial charge in [0.15, 0.2) is 0 Å². The largest absolute Gasteiger partial charge is 0.459 e. The minimum atomic E-state index is -4.45. The molecular formula is C31H33FN3O9P. The van der Waals surface area contributed by atoms with Crippen LogP contribution < -0.4 is 20.9 Å². The Morgan fingerprint density at radius 3 is 2.58 bits per heavy atom. The van der Waals surface area contributed by atoms with E-state index in [0.717, 1.165) is 15.5 Å². The monoisotopic (exact) mass is 641 g/mol. The summed E-state index contributed by atoms with van der Waals surface area (Å²) >= 11 is 0. The first kappa shape index (κ1) is 32.3. The summed E-state index contributed by atoms with van der Waals surface area (Å²) in [7, 11) is -4.45. The van der Waals surface area contributed by atoms with E-state index < -0.39 is 60.9 Å². The fraction of sp³-hybridized carbons (Fsp3) is 0.323. The average molecular weight is 642 g/mol. The van der Waals surface area contributed by atoms with Crippen molar-refractivity contribution in [1.82, 2.24) is 14.6 Å². The third-order valence-electron chi connectivity index (χ3n) is 7.35. The highest BCUT2D eigenvalue weighted by molar-refractivity contribution is 7.52. The minimum absolute atomic E-state index is 0.0223. The third-order valence-corrected chi connectivity index (χ3v) is 9.11. The fourth-order valence-electron chi connectivity index (χ4n) is 5.02. The molecule has 0 aliphatic carbocycles. The molecule has 1 fully saturated rings. The number of aliphatic hydroxyl groups excluding tert-OH is 1. The number of esters is 1. The number of hydrogen-bond acceptors (Lipinski definition) is 9. The second-order valence-electron chi connectivity index (χ2n) is 11.4. The van der Waals surface area contributed by atoms with Crippen molar-refractivity contribution in [3.05, 3.63) is 111 Å². The number of aromatic nitrogens is 2. The summed E-state index contributed by atoms with van der Waals surface area (Å²) in [6.07, 6.45) is -1.93. The predicted octanol–water partition coefficient (Wildman–Crippen LogP) is 3.97. The number of rotatable bonds is 11. The summed E-state index contributed by atoms with van der Waals surface area (Å²) in [5, 5.41) is 14.9. The van der Waals surface area contributed by atoms with Crippen LogP contribution in [0.1, 0.15) is 32.8 Å². The van der Waals surface area contributed by atoms with Crippen LogP contribution in [0, 0.1) is 5.82 Å². The zero-order valence-electron chi connectivity index (χ0n) is 24.8. The average Bonchev–Trinajstić information content (AvgIpc) is 3.30. The van der Waals surface area contributed by atoms with Gasteiger partial charge in [-0.05, 0) is 37.8 Å². The van der Waals surface area contributed by atoms with Crippen molar-refractivity contribution in [2.45, 2.75) is 57.3 Å². The summed E-state index contributed by atoms with van der Waals surface area (Å²) in [6.45, 7) is 3.79. The van der Waals surface area contributed by atoms with E-state index in [1.807, 2.05) is 29.2 Å². The molecule has 4 atom stereocenters. The molecule has 1 aliphatic rings. The van der Waals surface area contributed by atoms with E-state index in [-0.39, 0.29) is 18.8 Å². The molecule has 2 heterocycles. The van der Waals surface area contributed by atoms with E-state index in [4.69, 9.17) is 18.5 Å². The van der Waals surface area contributed by atoms with Crippen molar-refractivity contribution in [1.29, 1.82) is 0 Å². The number of fused-ring (bicyclic) bond motifs is 1. The molecule has 0 amide bonds. The number of ether oxygens (including phenoxy) is 2. The molecule has 238 valence electrons. The summed E-state index contributed by atoms with van der Waals surface area (Å²) in [4.78, 5) is 38.9. The van der Waals surface area contributed by atoms with Gasteiger partial charge in [0, 0.05) is 11.8 Å². The Morgan fingerprint density at radius 1 is 1.13 bits per heavy atom. The van der Waals surface area contributed by atoms with Crippen LogP contribution in [0.3, 0.4) is 0 Å². The molecule has 1 aromatic heterocycles. The van der Waals surface area contributed by atoms with E-state index in [9.17, 15) is 28.4 Å². The van der Waals surface area contributed by atoms with Gasteiger partial charge < -0.3 is 19.1 Å². The summed E-state index contributed by atoms with van der Waals surface area (Å²) in [6, 6.07) is 21.4. The number of H-pyrrole nitrogens is 1. The highest BCUT2D eigenvalue weighted by atomic mass is 31.2. The zero-order valence-corrected chi connectivity index (χ0v) is 25.7. The number of aromatic amines is 1. The molecule has 12 nitrogen and oxygen atoms in total. The number of hydrogen-bond donors (Lipinski definition) is 3. The number of benzene rings is 3. The highest BCUT2D eigenvalue weighted by Gasteiger charge is 2.47. The van der Waals surface area contributed by atoms with Gasteiger partial charge in [0.1, 0.15) is 29.7 Å². The molecule has 0 radical (unpaired) electrons. The minimum Gasteiger partial charge on any atom is -0.459 e. The number of halogens is 1. The first-order valence-electron chi connectivity index (χ1n) is 14.1. The standard InChI is InChI=1S/C31H33FN3O9P/c1-30(2,28(38)41-18-20-10-5-4-6-11-20)34-45(40,44-25-15-9-13-21-12-7-8-14-22(21)25)42-19-26-24(36)16-31(3,43-26)35-17-23(32)27(37)33-29(35)39/h4-15,17,24,26,36H,16,18-19H2,1-3H3,(H,34,40)(H,33,37,39)/t24?,26-,31-,45?/m1/s1. The number of nitrogens with one attached hydrogen (secondary N) is 2. The van der Waals surface area contributed by atoms with Gasteiger partial charge in [-0.3, -0.25) is 23.7 Å². The van der Waals surface area contributed by atoms with Gasteiger partial charge in [-0.25, -0.2) is 9.36 Å². The lowest BCUT2D eigenvalue weighted by atomic mass is 10.1. The van der Waals surface area contributed by atoms with Crippen molar-refractivity contribution >= 4 is 24.5 Å². The number of nitrogens with zero attached hydrogens (tertiary/aromatic N) is 1. The maximum absolute atomic E-state index is 14.4. The lowest BCUT2D eigenvalue weighted by molar-refractivity contribution is -0.151. The molecule has 3 aromatic carbocycles. The molecule has 3 N–H and O–H groups in total. The van der Waals surface area contributed by atoms with Crippen LogP contribution in [0.25, 0.3) is 10.8 Å². The molecule has 2 unspecified atom stereocenters. The van der Waals surface area contributed by atoms with Crippen molar-refractivity contribution in [3.8, 4) is 5.75 Å². The molecule has 0 bridgehead atoms. The Bertz CT molecular complexity index is 1860. The Hall–Kier alpha value is -4.13. The second kappa shape index (κ2) is 12.7. The molecule has 4 aromatic rings. The van der Waals surface area contributed by atoms with E-state index >= 15 is 0 Å². The van der Waals surface area contributed by atoms with E-state index in [2.05, 4.69) is 5.09 Å². The van der Waals surface area contributed by atoms with Crippen molar-refractivity contribution in [3.63, 3.8) is 0 Å². The maximum Gasteiger partial charge on any atom is 0.459 e. The molecule has 0 spiro atoms. The third kappa shape index (κ3) is 7.24. The van der Waals surface area contributed by atoms with Crippen LogP contribution in [-0.4, -0.2) is 45.0 Å². The van der Waals surface area contributed by atoms with Gasteiger partial charge in [-0.2, -0.15) is 9.48 Å². The summed E-state index contributed by atoms with van der Waals surface area (Å²) in [5.41, 5.74) is -4.55. The molecule has 45 heavy (non-hydrogen) atoms. The van der Waals surface area contributed by atoms with Crippen molar-refractivity contribution < 1.29 is 37.4 Å². The second-order valence-corrected chi connectivity index (χ2v) is 13.0. The smallest absolute Gasteiger partial charge is 0.459 e. The lowest BCUT2D eigenvalue weighted by Crippen LogP contribution is -2.47. The van der Waals surface area contributed by atoms with Crippen molar-refractivity contribution in [2.75, 3.05) is 6.61 Å². The number of carbonyl (C=O) groups excluding carboxylic acids is 1. The SMILES string of the molecule is CC(C)(NP(=O)(OC[C@H]1O[C@@](C)(n2cc(F)c(=O)[nH]c2=O)CC1O)Oc1cccc2ccccc12)C(=O)OCc1ccccc1. The molecule has 14 heteroatoms. The van der Waals surface area contributed by atoms with Crippen LogP contribution >= 0.6 is 7.75 Å². The van der Waals surface area contributed by atoms with E-state index in [1.54, 1.807) is 48.5 Å². The van der Waals surface area contributed by atoms with Crippen LogP contribution in [0.4, 0.5) is 4.39 Å². The first-order valence-corrected chi connectivity index (χ1v) is 15.6. The predicted molar refractivity (Wildman–Crippen MR) is 162 cm³/mol. The Labute approximate surface area is 257 Å². The van der Waals surface area contributed by atoms with Gasteiger partial charge in [-0.1, -0.05) is 66.7 Å². The fourth-order valence-corrected chi connectivity index (χ4v) is 6.72.